The van der Waals surface area contributed by atoms with E-state index in [-0.39, 0.29) is 17.9 Å². The minimum absolute atomic E-state index is 0.0762. The number of hydrogen-bond donors (Lipinski definition) is 0. The van der Waals surface area contributed by atoms with E-state index in [1.165, 1.54) is 10.4 Å². The Bertz CT molecular complexity index is 584. The van der Waals surface area contributed by atoms with E-state index in [0.717, 1.165) is 13.0 Å². The molecule has 2 amide bonds. The van der Waals surface area contributed by atoms with Crippen LogP contribution in [0.2, 0.25) is 0 Å². The first-order valence-corrected chi connectivity index (χ1v) is 8.53. The van der Waals surface area contributed by atoms with Gasteiger partial charge >= 0.3 is 6.09 Å². The van der Waals surface area contributed by atoms with Gasteiger partial charge < -0.3 is 14.5 Å². The van der Waals surface area contributed by atoms with Crippen molar-refractivity contribution in [1.82, 2.24) is 9.80 Å². The SMILES string of the molecule is CC(C)(C)OC(=O)N1CC(C(=O)N2CCc3sccc3C2)C1. The highest BCUT2D eigenvalue weighted by molar-refractivity contribution is 7.10. The maximum absolute atomic E-state index is 12.5. The van der Waals surface area contributed by atoms with Gasteiger partial charge in [0.1, 0.15) is 5.60 Å². The highest BCUT2D eigenvalue weighted by Crippen LogP contribution is 2.27. The largest absolute Gasteiger partial charge is 0.444 e. The van der Waals surface area contributed by atoms with Gasteiger partial charge in [0.15, 0.2) is 0 Å². The fourth-order valence-corrected chi connectivity index (χ4v) is 3.69. The Morgan fingerprint density at radius 2 is 2.00 bits per heavy atom. The average molecular weight is 322 g/mol. The molecule has 0 aliphatic carbocycles. The van der Waals surface area contributed by atoms with Crippen molar-refractivity contribution in [3.8, 4) is 0 Å². The van der Waals surface area contributed by atoms with Gasteiger partial charge in [-0.25, -0.2) is 4.79 Å². The van der Waals surface area contributed by atoms with Crippen molar-refractivity contribution in [2.24, 2.45) is 5.92 Å². The van der Waals surface area contributed by atoms with Crippen LogP contribution in [-0.2, 0) is 22.5 Å². The van der Waals surface area contributed by atoms with Crippen LogP contribution in [0.3, 0.4) is 0 Å². The molecule has 2 aliphatic rings. The molecule has 1 saturated heterocycles. The topological polar surface area (TPSA) is 49.9 Å². The third-order valence-corrected chi connectivity index (χ3v) is 5.02. The van der Waals surface area contributed by atoms with Crippen LogP contribution in [-0.4, -0.2) is 47.0 Å². The first-order valence-electron chi connectivity index (χ1n) is 7.65. The molecular formula is C16H22N2O3S. The van der Waals surface area contributed by atoms with E-state index in [2.05, 4.69) is 11.4 Å². The first-order chi connectivity index (χ1) is 10.3. The summed E-state index contributed by atoms with van der Waals surface area (Å²) in [5.74, 6) is 0.0874. The van der Waals surface area contributed by atoms with Crippen molar-refractivity contribution in [3.63, 3.8) is 0 Å². The summed E-state index contributed by atoms with van der Waals surface area (Å²) in [7, 11) is 0. The Kier molecular flexibility index (Phi) is 3.89. The van der Waals surface area contributed by atoms with Gasteiger partial charge in [0, 0.05) is 31.1 Å². The summed E-state index contributed by atoms with van der Waals surface area (Å²) in [6, 6.07) is 2.10. The summed E-state index contributed by atoms with van der Waals surface area (Å²) >= 11 is 1.77. The Labute approximate surface area is 134 Å². The number of carbonyl (C=O) groups excluding carboxylic acids is 2. The number of thiophene rings is 1. The lowest BCUT2D eigenvalue weighted by Gasteiger charge is -2.41. The molecule has 120 valence electrons. The number of hydrogen-bond acceptors (Lipinski definition) is 4. The minimum Gasteiger partial charge on any atom is -0.444 e. The molecule has 1 aromatic heterocycles. The van der Waals surface area contributed by atoms with Crippen molar-refractivity contribution in [1.29, 1.82) is 0 Å². The Morgan fingerprint density at radius 3 is 2.68 bits per heavy atom. The van der Waals surface area contributed by atoms with Crippen molar-refractivity contribution < 1.29 is 14.3 Å². The number of rotatable bonds is 1. The maximum atomic E-state index is 12.5. The van der Waals surface area contributed by atoms with Gasteiger partial charge in [-0.2, -0.15) is 0 Å². The predicted molar refractivity (Wildman–Crippen MR) is 84.7 cm³/mol. The Balaban J connectivity index is 1.51. The minimum atomic E-state index is -0.492. The summed E-state index contributed by atoms with van der Waals surface area (Å²) in [5, 5.41) is 2.09. The number of ether oxygens (including phenoxy) is 1. The number of carbonyl (C=O) groups is 2. The van der Waals surface area contributed by atoms with Gasteiger partial charge in [-0.1, -0.05) is 0 Å². The van der Waals surface area contributed by atoms with Crippen LogP contribution in [0.1, 0.15) is 31.2 Å². The van der Waals surface area contributed by atoms with Crippen LogP contribution in [0.5, 0.6) is 0 Å². The molecule has 6 heteroatoms. The van der Waals surface area contributed by atoms with E-state index in [0.29, 0.717) is 19.6 Å². The summed E-state index contributed by atoms with van der Waals surface area (Å²) in [5.41, 5.74) is 0.780. The van der Waals surface area contributed by atoms with Gasteiger partial charge in [0.2, 0.25) is 5.91 Å². The second-order valence-electron chi connectivity index (χ2n) is 6.96. The first kappa shape index (κ1) is 15.3. The van der Waals surface area contributed by atoms with Crippen LogP contribution in [0.4, 0.5) is 4.79 Å². The summed E-state index contributed by atoms with van der Waals surface area (Å²) in [4.78, 5) is 29.3. The van der Waals surface area contributed by atoms with E-state index in [1.54, 1.807) is 16.2 Å². The monoisotopic (exact) mass is 322 g/mol. The lowest BCUT2D eigenvalue weighted by atomic mass is 9.97. The standard InChI is InChI=1S/C16H22N2O3S/c1-16(2,3)21-15(20)18-9-12(10-18)14(19)17-6-4-13-11(8-17)5-7-22-13/h5,7,12H,4,6,8-10H2,1-3H3. The summed E-state index contributed by atoms with van der Waals surface area (Å²) in [6.07, 6.45) is 0.622. The highest BCUT2D eigenvalue weighted by Gasteiger charge is 2.40. The van der Waals surface area contributed by atoms with E-state index >= 15 is 0 Å². The lowest BCUT2D eigenvalue weighted by molar-refractivity contribution is -0.141. The van der Waals surface area contributed by atoms with Crippen LogP contribution >= 0.6 is 11.3 Å². The molecule has 3 heterocycles. The fraction of sp³-hybridized carbons (Fsp3) is 0.625. The van der Waals surface area contributed by atoms with Gasteiger partial charge in [0.25, 0.3) is 0 Å². The molecule has 0 radical (unpaired) electrons. The molecule has 0 spiro atoms. The molecular weight excluding hydrogens is 300 g/mol. The number of likely N-dealkylation sites (tertiary alicyclic amines) is 1. The molecule has 0 saturated carbocycles. The number of amides is 2. The van der Waals surface area contributed by atoms with E-state index in [9.17, 15) is 9.59 Å². The number of fused-ring (bicyclic) bond motifs is 1. The molecule has 3 rings (SSSR count). The summed E-state index contributed by atoms with van der Waals surface area (Å²) in [6.45, 7) is 7.98. The molecule has 1 fully saturated rings. The van der Waals surface area contributed by atoms with Crippen LogP contribution < -0.4 is 0 Å². The zero-order valence-electron chi connectivity index (χ0n) is 13.3. The van der Waals surface area contributed by atoms with E-state index in [1.807, 2.05) is 25.7 Å². The van der Waals surface area contributed by atoms with Crippen molar-refractivity contribution >= 4 is 23.3 Å². The molecule has 0 unspecified atom stereocenters. The van der Waals surface area contributed by atoms with Crippen LogP contribution in [0.25, 0.3) is 0 Å². The smallest absolute Gasteiger partial charge is 0.410 e. The molecule has 22 heavy (non-hydrogen) atoms. The molecule has 5 nitrogen and oxygen atoms in total. The second kappa shape index (κ2) is 5.57. The molecule has 2 aliphatic heterocycles. The van der Waals surface area contributed by atoms with Gasteiger partial charge in [-0.15, -0.1) is 11.3 Å². The normalized spacial score (nSPS) is 18.7. The zero-order chi connectivity index (χ0) is 15.9. The average Bonchev–Trinajstić information content (AvgIpc) is 2.81. The predicted octanol–water partition coefficient (Wildman–Crippen LogP) is 2.50. The maximum Gasteiger partial charge on any atom is 0.410 e. The van der Waals surface area contributed by atoms with Crippen molar-refractivity contribution in [3.05, 3.63) is 21.9 Å². The number of nitrogens with zero attached hydrogens (tertiary/aromatic N) is 2. The van der Waals surface area contributed by atoms with E-state index < -0.39 is 5.60 Å². The van der Waals surface area contributed by atoms with Crippen molar-refractivity contribution in [2.45, 2.75) is 39.3 Å². The Morgan fingerprint density at radius 1 is 1.27 bits per heavy atom. The highest BCUT2D eigenvalue weighted by atomic mass is 32.1. The summed E-state index contributed by atoms with van der Waals surface area (Å²) < 4.78 is 5.31. The van der Waals surface area contributed by atoms with Gasteiger partial charge in [0.05, 0.1) is 5.92 Å². The molecule has 0 atom stereocenters. The van der Waals surface area contributed by atoms with Crippen molar-refractivity contribution in [2.75, 3.05) is 19.6 Å². The van der Waals surface area contributed by atoms with E-state index in [4.69, 9.17) is 4.74 Å². The Hall–Kier alpha value is -1.56. The lowest BCUT2D eigenvalue weighted by Crippen LogP contribution is -2.57. The van der Waals surface area contributed by atoms with Gasteiger partial charge in [-0.3, -0.25) is 4.79 Å². The fourth-order valence-electron chi connectivity index (χ4n) is 2.81. The molecule has 1 aromatic rings. The quantitative estimate of drug-likeness (QED) is 0.798. The second-order valence-corrected chi connectivity index (χ2v) is 7.96. The third kappa shape index (κ3) is 3.11. The van der Waals surface area contributed by atoms with Gasteiger partial charge in [-0.05, 0) is 44.2 Å². The molecule has 0 N–H and O–H groups in total. The molecule has 0 aromatic carbocycles. The zero-order valence-corrected chi connectivity index (χ0v) is 14.1. The third-order valence-electron chi connectivity index (χ3n) is 4.00. The van der Waals surface area contributed by atoms with Crippen LogP contribution in [0, 0.1) is 5.92 Å². The van der Waals surface area contributed by atoms with Crippen LogP contribution in [0.15, 0.2) is 11.4 Å². The molecule has 0 bridgehead atoms.